The molecule has 0 saturated carbocycles. The highest BCUT2D eigenvalue weighted by atomic mass is 16.5. The fourth-order valence-corrected chi connectivity index (χ4v) is 2.43. The fourth-order valence-electron chi connectivity index (χ4n) is 2.43. The maximum atomic E-state index is 5.45. The van der Waals surface area contributed by atoms with Crippen LogP contribution in [-0.2, 0) is 11.2 Å². The van der Waals surface area contributed by atoms with Crippen molar-refractivity contribution in [3.05, 3.63) is 59.7 Å². The molecule has 2 nitrogen and oxygen atoms in total. The SMILES string of the molecule is C=C/C(=C\C1=CCCc2c(OC)cccc21)COC. The van der Waals surface area contributed by atoms with Gasteiger partial charge in [0.15, 0.2) is 0 Å². The van der Waals surface area contributed by atoms with Gasteiger partial charge in [0.25, 0.3) is 0 Å². The Morgan fingerprint density at radius 1 is 1.37 bits per heavy atom. The second-order valence-electron chi connectivity index (χ2n) is 4.54. The number of methoxy groups -OCH3 is 2. The van der Waals surface area contributed by atoms with Gasteiger partial charge in [0, 0.05) is 12.7 Å². The molecule has 0 radical (unpaired) electrons. The summed E-state index contributed by atoms with van der Waals surface area (Å²) in [7, 11) is 3.42. The molecular formula is C17H20O2. The van der Waals surface area contributed by atoms with Gasteiger partial charge in [-0.2, -0.15) is 0 Å². The second-order valence-corrected chi connectivity index (χ2v) is 4.54. The van der Waals surface area contributed by atoms with E-state index in [4.69, 9.17) is 9.47 Å². The maximum absolute atomic E-state index is 5.45. The lowest BCUT2D eigenvalue weighted by Crippen LogP contribution is -2.02. The molecule has 0 spiro atoms. The van der Waals surface area contributed by atoms with Crippen LogP contribution in [0.25, 0.3) is 5.57 Å². The summed E-state index contributed by atoms with van der Waals surface area (Å²) in [5.41, 5.74) is 4.86. The minimum absolute atomic E-state index is 0.583. The Labute approximate surface area is 115 Å². The first kappa shape index (κ1) is 13.6. The quantitative estimate of drug-likeness (QED) is 0.746. The summed E-state index contributed by atoms with van der Waals surface area (Å²) >= 11 is 0. The third kappa shape index (κ3) is 2.96. The summed E-state index contributed by atoms with van der Waals surface area (Å²) in [4.78, 5) is 0. The molecule has 2 rings (SSSR count). The number of allylic oxidation sites excluding steroid dienone is 3. The van der Waals surface area contributed by atoms with Gasteiger partial charge in [-0.05, 0) is 41.7 Å². The number of hydrogen-bond donors (Lipinski definition) is 0. The highest BCUT2D eigenvalue weighted by Gasteiger charge is 2.15. The molecule has 19 heavy (non-hydrogen) atoms. The fraction of sp³-hybridized carbons (Fsp3) is 0.294. The lowest BCUT2D eigenvalue weighted by atomic mass is 9.89. The summed E-state index contributed by atoms with van der Waals surface area (Å²) in [5, 5.41) is 0. The standard InChI is InChI=1S/C17H20O2/c1-4-13(12-18-2)11-14-7-5-9-16-15(14)8-6-10-17(16)19-3/h4,6-8,10-11H,1,5,9,12H2,2-3H3/b13-11+. The molecule has 2 heteroatoms. The predicted octanol–water partition coefficient (Wildman–Crippen LogP) is 3.78. The Bertz CT molecular complexity index is 524. The number of ether oxygens (including phenoxy) is 2. The van der Waals surface area contributed by atoms with Gasteiger partial charge in [0.1, 0.15) is 5.75 Å². The van der Waals surface area contributed by atoms with E-state index in [-0.39, 0.29) is 0 Å². The molecule has 0 atom stereocenters. The number of benzene rings is 1. The molecular weight excluding hydrogens is 236 g/mol. The van der Waals surface area contributed by atoms with E-state index in [1.54, 1.807) is 14.2 Å². The van der Waals surface area contributed by atoms with Crippen LogP contribution in [0.15, 0.2) is 48.6 Å². The zero-order valence-electron chi connectivity index (χ0n) is 11.6. The maximum Gasteiger partial charge on any atom is 0.122 e. The molecule has 0 fully saturated rings. The van der Waals surface area contributed by atoms with E-state index in [2.05, 4.69) is 24.8 Å². The molecule has 0 heterocycles. The molecule has 0 aliphatic heterocycles. The third-order valence-corrected chi connectivity index (χ3v) is 3.34. The Hall–Kier alpha value is -1.80. The van der Waals surface area contributed by atoms with Crippen molar-refractivity contribution in [1.82, 2.24) is 0 Å². The van der Waals surface area contributed by atoms with Gasteiger partial charge >= 0.3 is 0 Å². The van der Waals surface area contributed by atoms with Crippen LogP contribution in [0.4, 0.5) is 0 Å². The third-order valence-electron chi connectivity index (χ3n) is 3.34. The molecule has 1 aliphatic carbocycles. The van der Waals surface area contributed by atoms with Gasteiger partial charge < -0.3 is 9.47 Å². The summed E-state index contributed by atoms with van der Waals surface area (Å²) in [6, 6.07) is 6.20. The summed E-state index contributed by atoms with van der Waals surface area (Å²) < 4.78 is 10.6. The highest BCUT2D eigenvalue weighted by molar-refractivity contribution is 5.79. The van der Waals surface area contributed by atoms with Crippen molar-refractivity contribution in [1.29, 1.82) is 0 Å². The molecule has 0 N–H and O–H groups in total. The van der Waals surface area contributed by atoms with Gasteiger partial charge in [-0.1, -0.05) is 30.9 Å². The van der Waals surface area contributed by atoms with Crippen LogP contribution < -0.4 is 4.74 Å². The Balaban J connectivity index is 2.40. The minimum Gasteiger partial charge on any atom is -0.496 e. The van der Waals surface area contributed by atoms with E-state index in [1.807, 2.05) is 18.2 Å². The molecule has 0 saturated heterocycles. The average molecular weight is 256 g/mol. The zero-order valence-corrected chi connectivity index (χ0v) is 11.6. The van der Waals surface area contributed by atoms with Crippen molar-refractivity contribution in [2.45, 2.75) is 12.8 Å². The van der Waals surface area contributed by atoms with Crippen molar-refractivity contribution in [2.24, 2.45) is 0 Å². The van der Waals surface area contributed by atoms with Crippen LogP contribution in [-0.4, -0.2) is 20.8 Å². The zero-order chi connectivity index (χ0) is 13.7. The number of fused-ring (bicyclic) bond motifs is 1. The molecule has 0 bridgehead atoms. The van der Waals surface area contributed by atoms with Crippen molar-refractivity contribution in [2.75, 3.05) is 20.8 Å². The highest BCUT2D eigenvalue weighted by Crippen LogP contribution is 2.34. The monoisotopic (exact) mass is 256 g/mol. The van der Waals surface area contributed by atoms with Gasteiger partial charge in [-0.15, -0.1) is 0 Å². The Morgan fingerprint density at radius 2 is 2.21 bits per heavy atom. The Morgan fingerprint density at radius 3 is 2.89 bits per heavy atom. The van der Waals surface area contributed by atoms with Gasteiger partial charge in [-0.3, -0.25) is 0 Å². The van der Waals surface area contributed by atoms with Crippen LogP contribution in [0.1, 0.15) is 17.5 Å². The van der Waals surface area contributed by atoms with E-state index in [1.165, 1.54) is 16.7 Å². The summed E-state index contributed by atoms with van der Waals surface area (Å²) in [6.45, 7) is 4.42. The van der Waals surface area contributed by atoms with Crippen molar-refractivity contribution >= 4 is 5.57 Å². The first-order valence-electron chi connectivity index (χ1n) is 6.48. The first-order chi connectivity index (χ1) is 9.30. The molecule has 100 valence electrons. The van der Waals surface area contributed by atoms with Crippen molar-refractivity contribution in [3.63, 3.8) is 0 Å². The molecule has 1 aromatic carbocycles. The summed E-state index contributed by atoms with van der Waals surface area (Å²) in [6.07, 6.45) is 8.33. The molecule has 0 amide bonds. The van der Waals surface area contributed by atoms with Gasteiger partial charge in [-0.25, -0.2) is 0 Å². The van der Waals surface area contributed by atoms with Crippen LogP contribution in [0.3, 0.4) is 0 Å². The lowest BCUT2D eigenvalue weighted by molar-refractivity contribution is 0.228. The summed E-state index contributed by atoms with van der Waals surface area (Å²) in [5.74, 6) is 0.975. The van der Waals surface area contributed by atoms with Crippen LogP contribution in [0.5, 0.6) is 5.75 Å². The number of rotatable bonds is 5. The van der Waals surface area contributed by atoms with Crippen LogP contribution in [0.2, 0.25) is 0 Å². The van der Waals surface area contributed by atoms with Crippen LogP contribution >= 0.6 is 0 Å². The number of hydrogen-bond acceptors (Lipinski definition) is 2. The normalized spacial score (nSPS) is 14.6. The second kappa shape index (κ2) is 6.39. The average Bonchev–Trinajstić information content (AvgIpc) is 2.46. The molecule has 1 aromatic rings. The van der Waals surface area contributed by atoms with Crippen molar-refractivity contribution < 1.29 is 9.47 Å². The van der Waals surface area contributed by atoms with Gasteiger partial charge in [0.05, 0.1) is 13.7 Å². The van der Waals surface area contributed by atoms with E-state index in [0.717, 1.165) is 24.2 Å². The smallest absolute Gasteiger partial charge is 0.122 e. The van der Waals surface area contributed by atoms with Crippen molar-refractivity contribution in [3.8, 4) is 5.75 Å². The largest absolute Gasteiger partial charge is 0.496 e. The molecule has 1 aliphatic rings. The minimum atomic E-state index is 0.583. The lowest BCUT2D eigenvalue weighted by Gasteiger charge is -2.19. The van der Waals surface area contributed by atoms with E-state index in [0.29, 0.717) is 6.61 Å². The van der Waals surface area contributed by atoms with Crippen LogP contribution in [0, 0.1) is 0 Å². The topological polar surface area (TPSA) is 18.5 Å². The Kier molecular flexibility index (Phi) is 4.58. The predicted molar refractivity (Wildman–Crippen MR) is 79.4 cm³/mol. The van der Waals surface area contributed by atoms with E-state index in [9.17, 15) is 0 Å². The molecule has 0 unspecified atom stereocenters. The molecule has 0 aromatic heterocycles. The van der Waals surface area contributed by atoms with E-state index < -0.39 is 0 Å². The van der Waals surface area contributed by atoms with E-state index >= 15 is 0 Å². The first-order valence-corrected chi connectivity index (χ1v) is 6.48. The van der Waals surface area contributed by atoms with Gasteiger partial charge in [0.2, 0.25) is 0 Å².